The number of aromatic hydroxyl groups is 1. The number of rotatable bonds is 7. The maximum Gasteiger partial charge on any atom is 0.269 e. The molecule has 39 heavy (non-hydrogen) atoms. The van der Waals surface area contributed by atoms with Gasteiger partial charge in [-0.1, -0.05) is 29.8 Å². The highest BCUT2D eigenvalue weighted by molar-refractivity contribution is 6.31. The Labute approximate surface area is 229 Å². The molecule has 4 aromatic rings. The molecule has 1 saturated heterocycles. The van der Waals surface area contributed by atoms with E-state index in [2.05, 4.69) is 26.1 Å². The van der Waals surface area contributed by atoms with E-state index in [-0.39, 0.29) is 17.5 Å². The van der Waals surface area contributed by atoms with Crippen molar-refractivity contribution in [2.75, 3.05) is 41.9 Å². The van der Waals surface area contributed by atoms with Crippen LogP contribution in [0.15, 0.2) is 66.9 Å². The van der Waals surface area contributed by atoms with Gasteiger partial charge in [-0.05, 0) is 60.5 Å². The predicted molar refractivity (Wildman–Crippen MR) is 149 cm³/mol. The van der Waals surface area contributed by atoms with Gasteiger partial charge in [-0.3, -0.25) is 15.6 Å². The number of hydrogen-bond donors (Lipinski definition) is 4. The number of carbonyl (C=O) groups excluding carboxylic acids is 1. The first-order chi connectivity index (χ1) is 18.9. The number of phenolic OH excluding ortho intramolecular Hbond substituents is 1. The summed E-state index contributed by atoms with van der Waals surface area (Å²) in [5, 5.41) is 14.0. The van der Waals surface area contributed by atoms with Crippen molar-refractivity contribution in [3.8, 4) is 16.9 Å². The third kappa shape index (κ3) is 6.19. The number of halogens is 2. The number of anilines is 4. The van der Waals surface area contributed by atoms with Crippen LogP contribution in [0.5, 0.6) is 5.75 Å². The van der Waals surface area contributed by atoms with Crippen LogP contribution in [-0.2, 0) is 4.74 Å². The first kappa shape index (κ1) is 26.2. The molecule has 1 aromatic heterocycles. The number of phenols is 1. The summed E-state index contributed by atoms with van der Waals surface area (Å²) < 4.78 is 19.6. The van der Waals surface area contributed by atoms with Crippen molar-refractivity contribution in [3.63, 3.8) is 0 Å². The van der Waals surface area contributed by atoms with Crippen molar-refractivity contribution in [3.05, 3.63) is 88.8 Å². The van der Waals surface area contributed by atoms with Crippen molar-refractivity contribution in [2.24, 2.45) is 0 Å². The van der Waals surface area contributed by atoms with Crippen LogP contribution in [0.4, 0.5) is 27.5 Å². The first-order valence-corrected chi connectivity index (χ1v) is 12.6. The molecular formula is C28H26ClFN6O3. The summed E-state index contributed by atoms with van der Waals surface area (Å²) in [5.74, 6) is -0.551. The molecule has 0 bridgehead atoms. The van der Waals surface area contributed by atoms with Crippen molar-refractivity contribution < 1.29 is 19.0 Å². The van der Waals surface area contributed by atoms with Crippen LogP contribution in [0.2, 0.25) is 5.02 Å². The molecule has 3 aromatic carbocycles. The number of aromatic nitrogens is 2. The zero-order valence-corrected chi connectivity index (χ0v) is 21.8. The Morgan fingerprint density at radius 1 is 1.08 bits per heavy atom. The second-order valence-corrected chi connectivity index (χ2v) is 9.38. The summed E-state index contributed by atoms with van der Waals surface area (Å²) in [6.45, 7) is 3.83. The maximum absolute atomic E-state index is 14.3. The van der Waals surface area contributed by atoms with Gasteiger partial charge < -0.3 is 20.1 Å². The fourth-order valence-electron chi connectivity index (χ4n) is 4.29. The summed E-state index contributed by atoms with van der Waals surface area (Å²) in [7, 11) is 0. The summed E-state index contributed by atoms with van der Waals surface area (Å²) >= 11 is 6.34. The summed E-state index contributed by atoms with van der Waals surface area (Å²) in [6.07, 6.45) is 1.07. The van der Waals surface area contributed by atoms with E-state index < -0.39 is 11.7 Å². The molecule has 11 heteroatoms. The molecule has 0 atom stereocenters. The average Bonchev–Trinajstić information content (AvgIpc) is 2.93. The molecule has 1 amide bonds. The lowest BCUT2D eigenvalue weighted by Gasteiger charge is -2.28. The highest BCUT2D eigenvalue weighted by atomic mass is 35.5. The predicted octanol–water partition coefficient (Wildman–Crippen LogP) is 5.29. The van der Waals surface area contributed by atoms with Gasteiger partial charge in [0, 0.05) is 40.6 Å². The van der Waals surface area contributed by atoms with Crippen LogP contribution < -0.4 is 21.1 Å². The molecule has 0 aliphatic carbocycles. The zero-order chi connectivity index (χ0) is 27.4. The van der Waals surface area contributed by atoms with Crippen LogP contribution in [0.3, 0.4) is 0 Å². The molecule has 0 spiro atoms. The molecule has 1 aliphatic heterocycles. The molecule has 9 nitrogen and oxygen atoms in total. The number of carbonyl (C=O) groups is 1. The fraction of sp³-hybridized carbons (Fsp3) is 0.179. The van der Waals surface area contributed by atoms with Gasteiger partial charge in [-0.2, -0.15) is 4.98 Å². The molecule has 4 N–H and O–H groups in total. The van der Waals surface area contributed by atoms with Gasteiger partial charge >= 0.3 is 0 Å². The van der Waals surface area contributed by atoms with Crippen LogP contribution in [0.25, 0.3) is 11.1 Å². The monoisotopic (exact) mass is 548 g/mol. The highest BCUT2D eigenvalue weighted by Crippen LogP contribution is 2.34. The number of aryl methyl sites for hydroxylation is 1. The SMILES string of the molecule is Cc1cc(Nc2cc(Cl)cc(-c3ccccc3O)c2)ccc1C(=O)NNc1ncc(F)c(N2CCOCC2)n1. The fourth-order valence-corrected chi connectivity index (χ4v) is 4.53. The van der Waals surface area contributed by atoms with E-state index in [1.165, 1.54) is 0 Å². The van der Waals surface area contributed by atoms with Crippen LogP contribution in [-0.4, -0.2) is 47.3 Å². The number of benzene rings is 3. The molecule has 1 aliphatic rings. The van der Waals surface area contributed by atoms with Crippen molar-refractivity contribution in [2.45, 2.75) is 6.92 Å². The molecule has 0 unspecified atom stereocenters. The normalized spacial score (nSPS) is 13.2. The Kier molecular flexibility index (Phi) is 7.76. The highest BCUT2D eigenvalue weighted by Gasteiger charge is 2.18. The Morgan fingerprint density at radius 2 is 1.87 bits per heavy atom. The van der Waals surface area contributed by atoms with Gasteiger partial charge in [-0.25, -0.2) is 9.37 Å². The smallest absolute Gasteiger partial charge is 0.269 e. The van der Waals surface area contributed by atoms with E-state index in [1.807, 2.05) is 31.2 Å². The lowest BCUT2D eigenvalue weighted by atomic mass is 10.0. The second-order valence-electron chi connectivity index (χ2n) is 8.94. The van der Waals surface area contributed by atoms with Gasteiger partial charge in [-0.15, -0.1) is 0 Å². The minimum atomic E-state index is -0.542. The third-order valence-corrected chi connectivity index (χ3v) is 6.41. The quantitative estimate of drug-likeness (QED) is 0.231. The number of nitrogens with one attached hydrogen (secondary N) is 3. The Balaban J connectivity index is 1.26. The van der Waals surface area contributed by atoms with Gasteiger partial charge in [0.15, 0.2) is 11.6 Å². The van der Waals surface area contributed by atoms with Gasteiger partial charge in [0.1, 0.15) is 5.75 Å². The second kappa shape index (κ2) is 11.5. The Morgan fingerprint density at radius 3 is 2.64 bits per heavy atom. The molecule has 200 valence electrons. The van der Waals surface area contributed by atoms with Crippen LogP contribution in [0, 0.1) is 12.7 Å². The summed E-state index contributed by atoms with van der Waals surface area (Å²) in [6, 6.07) is 17.8. The lowest BCUT2D eigenvalue weighted by Crippen LogP contribution is -2.38. The average molecular weight is 549 g/mol. The van der Waals surface area contributed by atoms with Crippen molar-refractivity contribution in [1.29, 1.82) is 0 Å². The van der Waals surface area contributed by atoms with E-state index in [9.17, 15) is 14.3 Å². The number of ether oxygens (including phenoxy) is 1. The first-order valence-electron chi connectivity index (χ1n) is 12.3. The number of hydrazine groups is 1. The number of nitrogens with zero attached hydrogens (tertiary/aromatic N) is 3. The van der Waals surface area contributed by atoms with Gasteiger partial charge in [0.05, 0.1) is 19.4 Å². The number of amides is 1. The minimum absolute atomic E-state index is 0.0726. The summed E-state index contributed by atoms with van der Waals surface area (Å²) in [5.41, 5.74) is 9.30. The number of para-hydroxylation sites is 1. The molecule has 0 saturated carbocycles. The molecule has 0 radical (unpaired) electrons. The van der Waals surface area contributed by atoms with E-state index in [0.29, 0.717) is 42.5 Å². The molecule has 1 fully saturated rings. The van der Waals surface area contributed by atoms with E-state index in [0.717, 1.165) is 28.7 Å². The van der Waals surface area contributed by atoms with E-state index >= 15 is 0 Å². The van der Waals surface area contributed by atoms with Crippen molar-refractivity contribution in [1.82, 2.24) is 15.4 Å². The third-order valence-electron chi connectivity index (χ3n) is 6.20. The van der Waals surface area contributed by atoms with Crippen LogP contribution in [0.1, 0.15) is 15.9 Å². The zero-order valence-electron chi connectivity index (χ0n) is 21.0. The molecule has 2 heterocycles. The van der Waals surface area contributed by atoms with Gasteiger partial charge in [0.25, 0.3) is 5.91 Å². The lowest BCUT2D eigenvalue weighted by molar-refractivity contribution is 0.0961. The standard InChI is InChI=1S/C28H26ClFN6O3/c1-17-12-20(32-21-14-18(13-19(29)15-21)23-4-2-3-5-25(23)37)6-7-22(17)27(38)34-35-28-31-16-24(30)26(33-28)36-8-10-39-11-9-36/h2-7,12-16,32,37H,8-11H2,1H3,(H,34,38)(H,31,33,35). The maximum atomic E-state index is 14.3. The number of morpholine rings is 1. The number of hydrogen-bond acceptors (Lipinski definition) is 8. The Bertz CT molecular complexity index is 1510. The largest absolute Gasteiger partial charge is 0.507 e. The van der Waals surface area contributed by atoms with Crippen LogP contribution >= 0.6 is 11.6 Å². The Hall–Kier alpha value is -4.41. The topological polar surface area (TPSA) is 112 Å². The van der Waals surface area contributed by atoms with Crippen molar-refractivity contribution >= 4 is 40.6 Å². The summed E-state index contributed by atoms with van der Waals surface area (Å²) in [4.78, 5) is 22.7. The van der Waals surface area contributed by atoms with E-state index in [1.54, 1.807) is 41.3 Å². The molecular weight excluding hydrogens is 523 g/mol. The van der Waals surface area contributed by atoms with Gasteiger partial charge in [0.2, 0.25) is 5.95 Å². The van der Waals surface area contributed by atoms with E-state index in [4.69, 9.17) is 16.3 Å². The minimum Gasteiger partial charge on any atom is -0.507 e. The molecule has 5 rings (SSSR count).